The highest BCUT2D eigenvalue weighted by atomic mass is 32.2. The van der Waals surface area contributed by atoms with Crippen LogP contribution in [0.2, 0.25) is 0 Å². The molecule has 0 aromatic heterocycles. The second-order valence-electron chi connectivity index (χ2n) is 7.21. The molecule has 5 unspecified atom stereocenters. The number of aliphatic hydroxyl groups is 1. The Kier molecular flexibility index (Phi) is 14.0. The van der Waals surface area contributed by atoms with Gasteiger partial charge in [0.2, 0.25) is 17.7 Å². The van der Waals surface area contributed by atoms with E-state index in [1.807, 2.05) is 6.26 Å². The number of aliphatic imine (C=N–C) groups is 1. The van der Waals surface area contributed by atoms with Crippen LogP contribution in [0.4, 0.5) is 0 Å². The van der Waals surface area contributed by atoms with Gasteiger partial charge in [0, 0.05) is 6.54 Å². The standard InChI is InChI=1S/C18H35N7O6S/c1-9(19)14(27)23-11(5-4-7-22-18(20)21)15(28)24-12(6-8-32-3)16(29)25-13(10(2)26)17(30)31/h9-13,26H,4-8,19H2,1-3H3,(H,23,27)(H,24,28)(H,25,29)(H,30,31)(H4,20,21,22). The van der Waals surface area contributed by atoms with Crippen molar-refractivity contribution >= 4 is 41.4 Å². The van der Waals surface area contributed by atoms with Gasteiger partial charge in [0.05, 0.1) is 12.1 Å². The SMILES string of the molecule is CSCCC(NC(=O)C(CCCN=C(N)N)NC(=O)C(C)N)C(=O)NC(C(=O)O)C(C)O. The van der Waals surface area contributed by atoms with Gasteiger partial charge in [-0.15, -0.1) is 0 Å². The summed E-state index contributed by atoms with van der Waals surface area (Å²) >= 11 is 1.43. The fraction of sp³-hybridized carbons (Fsp3) is 0.722. The first-order valence-corrected chi connectivity index (χ1v) is 11.4. The average Bonchev–Trinajstić information content (AvgIpc) is 2.69. The molecule has 0 aliphatic heterocycles. The van der Waals surface area contributed by atoms with Crippen LogP contribution in [-0.2, 0) is 19.2 Å². The lowest BCUT2D eigenvalue weighted by atomic mass is 10.1. The van der Waals surface area contributed by atoms with Crippen molar-refractivity contribution in [2.45, 2.75) is 63.4 Å². The van der Waals surface area contributed by atoms with Crippen LogP contribution in [-0.4, -0.2) is 88.7 Å². The zero-order valence-corrected chi connectivity index (χ0v) is 19.4. The Morgan fingerprint density at radius 2 is 1.50 bits per heavy atom. The first-order chi connectivity index (χ1) is 14.9. The first-order valence-electron chi connectivity index (χ1n) is 10.0. The van der Waals surface area contributed by atoms with Gasteiger partial charge in [-0.05, 0) is 45.1 Å². The maximum absolute atomic E-state index is 12.9. The van der Waals surface area contributed by atoms with Gasteiger partial charge in [0.1, 0.15) is 12.1 Å². The highest BCUT2D eigenvalue weighted by molar-refractivity contribution is 7.98. The molecule has 0 radical (unpaired) electrons. The van der Waals surface area contributed by atoms with Gasteiger partial charge in [-0.25, -0.2) is 4.79 Å². The Morgan fingerprint density at radius 1 is 0.969 bits per heavy atom. The Balaban J connectivity index is 5.41. The van der Waals surface area contributed by atoms with Gasteiger partial charge in [0.15, 0.2) is 12.0 Å². The highest BCUT2D eigenvalue weighted by Crippen LogP contribution is 2.06. The van der Waals surface area contributed by atoms with E-state index in [0.717, 1.165) is 0 Å². The zero-order valence-electron chi connectivity index (χ0n) is 18.5. The van der Waals surface area contributed by atoms with Gasteiger partial charge in [-0.2, -0.15) is 11.8 Å². The van der Waals surface area contributed by atoms with Crippen molar-refractivity contribution in [1.29, 1.82) is 0 Å². The lowest BCUT2D eigenvalue weighted by Crippen LogP contribution is -2.58. The second-order valence-corrected chi connectivity index (χ2v) is 8.19. The van der Waals surface area contributed by atoms with Crippen LogP contribution in [0.3, 0.4) is 0 Å². The van der Waals surface area contributed by atoms with E-state index >= 15 is 0 Å². The predicted octanol–water partition coefficient (Wildman–Crippen LogP) is -2.94. The smallest absolute Gasteiger partial charge is 0.328 e. The van der Waals surface area contributed by atoms with Crippen LogP contribution < -0.4 is 33.2 Å². The number of rotatable bonds is 15. The van der Waals surface area contributed by atoms with E-state index in [1.165, 1.54) is 25.6 Å². The predicted molar refractivity (Wildman–Crippen MR) is 122 cm³/mol. The van der Waals surface area contributed by atoms with Gasteiger partial charge in [0.25, 0.3) is 0 Å². The molecule has 0 bridgehead atoms. The number of aliphatic carboxylic acids is 1. The number of carboxylic acid groups (broad SMARTS) is 1. The number of hydrogen-bond donors (Lipinski definition) is 8. The molecule has 184 valence electrons. The second kappa shape index (κ2) is 15.3. The summed E-state index contributed by atoms with van der Waals surface area (Å²) in [6.07, 6.45) is 1.19. The summed E-state index contributed by atoms with van der Waals surface area (Å²) in [7, 11) is 0. The third-order valence-electron chi connectivity index (χ3n) is 4.28. The van der Waals surface area contributed by atoms with Crippen molar-refractivity contribution in [1.82, 2.24) is 16.0 Å². The van der Waals surface area contributed by atoms with Gasteiger partial charge in [-0.3, -0.25) is 19.4 Å². The van der Waals surface area contributed by atoms with Crippen LogP contribution >= 0.6 is 11.8 Å². The summed E-state index contributed by atoms with van der Waals surface area (Å²) in [5.74, 6) is -2.99. The minimum absolute atomic E-state index is 0.106. The molecular formula is C18H35N7O6S. The molecule has 0 fully saturated rings. The van der Waals surface area contributed by atoms with Gasteiger partial charge in [-0.1, -0.05) is 0 Å². The first kappa shape index (κ1) is 29.4. The largest absolute Gasteiger partial charge is 0.480 e. The summed E-state index contributed by atoms with van der Waals surface area (Å²) in [5.41, 5.74) is 16.1. The van der Waals surface area contributed by atoms with E-state index in [4.69, 9.17) is 17.2 Å². The van der Waals surface area contributed by atoms with Crippen LogP contribution in [0.5, 0.6) is 0 Å². The Labute approximate surface area is 191 Å². The molecule has 14 heteroatoms. The van der Waals surface area contributed by atoms with Crippen LogP contribution in [0, 0.1) is 0 Å². The van der Waals surface area contributed by atoms with Crippen molar-refractivity contribution < 1.29 is 29.4 Å². The molecule has 3 amide bonds. The number of nitrogens with zero attached hydrogens (tertiary/aromatic N) is 1. The maximum Gasteiger partial charge on any atom is 0.328 e. The summed E-state index contributed by atoms with van der Waals surface area (Å²) < 4.78 is 0. The molecule has 0 rings (SSSR count). The molecular weight excluding hydrogens is 442 g/mol. The van der Waals surface area contributed by atoms with Crippen molar-refractivity contribution in [3.63, 3.8) is 0 Å². The lowest BCUT2D eigenvalue weighted by Gasteiger charge is -2.25. The maximum atomic E-state index is 12.9. The number of carboxylic acids is 1. The summed E-state index contributed by atoms with van der Waals surface area (Å²) in [4.78, 5) is 52.6. The molecule has 0 heterocycles. The highest BCUT2D eigenvalue weighted by Gasteiger charge is 2.31. The van der Waals surface area contributed by atoms with E-state index in [2.05, 4.69) is 20.9 Å². The van der Waals surface area contributed by atoms with E-state index in [-0.39, 0.29) is 25.3 Å². The molecule has 0 aliphatic rings. The van der Waals surface area contributed by atoms with Crippen molar-refractivity contribution in [3.05, 3.63) is 0 Å². The fourth-order valence-corrected chi connectivity index (χ4v) is 2.97. The number of nitrogens with two attached hydrogens (primary N) is 3. The number of aliphatic hydroxyl groups excluding tert-OH is 1. The minimum atomic E-state index is -1.54. The van der Waals surface area contributed by atoms with Gasteiger partial charge >= 0.3 is 5.97 Å². The van der Waals surface area contributed by atoms with Crippen LogP contribution in [0.1, 0.15) is 33.1 Å². The molecule has 5 atom stereocenters. The van der Waals surface area contributed by atoms with Gasteiger partial charge < -0.3 is 43.4 Å². The average molecular weight is 478 g/mol. The van der Waals surface area contributed by atoms with Crippen LogP contribution in [0.25, 0.3) is 0 Å². The third-order valence-corrected chi connectivity index (χ3v) is 4.93. The molecule has 32 heavy (non-hydrogen) atoms. The monoisotopic (exact) mass is 477 g/mol. The number of guanidine groups is 1. The van der Waals surface area contributed by atoms with Crippen LogP contribution in [0.15, 0.2) is 4.99 Å². The Morgan fingerprint density at radius 3 is 1.97 bits per heavy atom. The number of carbonyl (C=O) groups is 4. The summed E-state index contributed by atoms with van der Waals surface area (Å²) in [6, 6.07) is -4.49. The van der Waals surface area contributed by atoms with Crippen molar-refractivity contribution in [2.24, 2.45) is 22.2 Å². The number of nitrogens with one attached hydrogen (secondary N) is 3. The lowest BCUT2D eigenvalue weighted by molar-refractivity contribution is -0.145. The number of amides is 3. The quantitative estimate of drug-likeness (QED) is 0.0678. The topological polar surface area (TPSA) is 235 Å². The Bertz CT molecular complexity index is 670. The van der Waals surface area contributed by atoms with E-state index in [9.17, 15) is 29.4 Å². The molecule has 0 spiro atoms. The summed E-state index contributed by atoms with van der Waals surface area (Å²) in [5, 5.41) is 26.1. The van der Waals surface area contributed by atoms with E-state index in [0.29, 0.717) is 12.2 Å². The number of hydrogen-bond acceptors (Lipinski definition) is 8. The minimum Gasteiger partial charge on any atom is -0.480 e. The number of carbonyl (C=O) groups excluding carboxylic acids is 3. The summed E-state index contributed by atoms with van der Waals surface area (Å²) in [6.45, 7) is 2.91. The molecule has 11 N–H and O–H groups in total. The van der Waals surface area contributed by atoms with E-state index < -0.39 is 54.0 Å². The van der Waals surface area contributed by atoms with Crippen molar-refractivity contribution in [2.75, 3.05) is 18.6 Å². The molecule has 13 nitrogen and oxygen atoms in total. The van der Waals surface area contributed by atoms with Crippen molar-refractivity contribution in [3.8, 4) is 0 Å². The normalized spacial score (nSPS) is 15.4. The third kappa shape index (κ3) is 11.7. The zero-order chi connectivity index (χ0) is 24.8. The van der Waals surface area contributed by atoms with E-state index in [1.54, 1.807) is 0 Å². The molecule has 0 saturated heterocycles. The number of thioether (sulfide) groups is 1. The molecule has 0 aromatic carbocycles. The Hall–Kier alpha value is -2.58. The molecule has 0 aliphatic carbocycles. The molecule has 0 aromatic rings. The fourth-order valence-electron chi connectivity index (χ4n) is 2.49. The molecule has 0 saturated carbocycles.